The zero-order valence-electron chi connectivity index (χ0n) is 15.2. The predicted molar refractivity (Wildman–Crippen MR) is 101 cm³/mol. The average molecular weight is 348 g/mol. The number of carbonyl (C=O) groups is 2. The quantitative estimate of drug-likeness (QED) is 0.563. The maximum atomic E-state index is 11.7. The highest BCUT2D eigenvalue weighted by atomic mass is 16.2. The third-order valence-electron chi connectivity index (χ3n) is 3.94. The van der Waals surface area contributed by atoms with Crippen LogP contribution in [0.5, 0.6) is 0 Å². The van der Waals surface area contributed by atoms with Crippen molar-refractivity contribution in [3.8, 4) is 0 Å². The Morgan fingerprint density at radius 2 is 2.00 bits per heavy atom. The van der Waals surface area contributed by atoms with E-state index in [0.717, 1.165) is 32.4 Å². The summed E-state index contributed by atoms with van der Waals surface area (Å²) in [4.78, 5) is 23.3. The van der Waals surface area contributed by atoms with Crippen LogP contribution in [0, 0.1) is 0 Å². The van der Waals surface area contributed by atoms with Crippen LogP contribution >= 0.6 is 0 Å². The molecule has 0 spiro atoms. The Morgan fingerprint density at radius 3 is 2.56 bits per heavy atom. The number of benzene rings is 1. The first-order valence-corrected chi connectivity index (χ1v) is 9.19. The molecule has 1 heterocycles. The molecular weight excluding hydrogens is 316 g/mol. The lowest BCUT2D eigenvalue weighted by Gasteiger charge is -2.11. The molecule has 1 atom stereocenters. The van der Waals surface area contributed by atoms with Gasteiger partial charge < -0.3 is 21.7 Å². The van der Waals surface area contributed by atoms with E-state index >= 15 is 0 Å². The number of amides is 2. The first kappa shape index (κ1) is 21.1. The number of nitrogens with one attached hydrogen (secondary N) is 3. The van der Waals surface area contributed by atoms with Gasteiger partial charge in [-0.1, -0.05) is 43.7 Å². The van der Waals surface area contributed by atoms with E-state index in [0.29, 0.717) is 6.54 Å². The van der Waals surface area contributed by atoms with Crippen LogP contribution in [0.25, 0.3) is 0 Å². The Hall–Kier alpha value is -1.92. The summed E-state index contributed by atoms with van der Waals surface area (Å²) in [6.07, 6.45) is 5.05. The molecule has 0 aliphatic carbocycles. The second kappa shape index (κ2) is 13.4. The van der Waals surface area contributed by atoms with Gasteiger partial charge in [-0.25, -0.2) is 0 Å². The van der Waals surface area contributed by atoms with Crippen molar-refractivity contribution in [2.75, 3.05) is 26.2 Å². The molecule has 5 N–H and O–H groups in total. The largest absolute Gasteiger partial charge is 0.354 e. The minimum Gasteiger partial charge on any atom is -0.354 e. The van der Waals surface area contributed by atoms with E-state index in [9.17, 15) is 9.59 Å². The van der Waals surface area contributed by atoms with Gasteiger partial charge in [0, 0.05) is 6.54 Å². The first-order chi connectivity index (χ1) is 12.2. The minimum absolute atomic E-state index is 0.0474. The molecule has 140 valence electrons. The van der Waals surface area contributed by atoms with E-state index < -0.39 is 0 Å². The van der Waals surface area contributed by atoms with Crippen LogP contribution in [0.1, 0.15) is 38.2 Å². The fourth-order valence-electron chi connectivity index (χ4n) is 2.46. The molecule has 0 aromatic heterocycles. The molecule has 6 nitrogen and oxygen atoms in total. The zero-order valence-corrected chi connectivity index (χ0v) is 15.2. The molecule has 1 aliphatic rings. The molecule has 0 saturated carbocycles. The summed E-state index contributed by atoms with van der Waals surface area (Å²) in [7, 11) is 0. The van der Waals surface area contributed by atoms with Crippen molar-refractivity contribution in [2.45, 2.75) is 45.1 Å². The molecule has 1 aromatic carbocycles. The monoisotopic (exact) mass is 348 g/mol. The Balaban J connectivity index is 0.000000550. The van der Waals surface area contributed by atoms with E-state index in [4.69, 9.17) is 5.73 Å². The number of nitrogens with two attached hydrogens (primary N) is 1. The lowest BCUT2D eigenvalue weighted by atomic mass is 10.1. The zero-order chi connectivity index (χ0) is 18.3. The summed E-state index contributed by atoms with van der Waals surface area (Å²) in [6, 6.07) is 9.85. The van der Waals surface area contributed by atoms with E-state index in [1.807, 2.05) is 30.3 Å². The Kier molecular flexibility index (Phi) is 11.3. The lowest BCUT2D eigenvalue weighted by Crippen LogP contribution is -2.44. The molecule has 1 fully saturated rings. The number of unbranched alkanes of at least 4 members (excludes halogenated alkanes) is 1. The van der Waals surface area contributed by atoms with Crippen molar-refractivity contribution in [1.29, 1.82) is 0 Å². The lowest BCUT2D eigenvalue weighted by molar-refractivity contribution is -0.127. The summed E-state index contributed by atoms with van der Waals surface area (Å²) in [5, 5.41) is 8.56. The molecule has 6 heteroatoms. The summed E-state index contributed by atoms with van der Waals surface area (Å²) < 4.78 is 0. The second-order valence-electron chi connectivity index (χ2n) is 6.09. The fraction of sp³-hybridized carbons (Fsp3) is 0.579. The number of hydrogen-bond donors (Lipinski definition) is 4. The summed E-state index contributed by atoms with van der Waals surface area (Å²) >= 11 is 0. The highest BCUT2D eigenvalue weighted by Gasteiger charge is 2.21. The van der Waals surface area contributed by atoms with E-state index in [1.165, 1.54) is 18.4 Å². The highest BCUT2D eigenvalue weighted by molar-refractivity contribution is 5.87. The van der Waals surface area contributed by atoms with Crippen LogP contribution in [-0.4, -0.2) is 44.0 Å². The van der Waals surface area contributed by atoms with Gasteiger partial charge in [-0.3, -0.25) is 9.59 Å². The summed E-state index contributed by atoms with van der Waals surface area (Å²) in [6.45, 7) is 4.48. The van der Waals surface area contributed by atoms with Crippen LogP contribution in [0.15, 0.2) is 30.3 Å². The molecule has 2 rings (SSSR count). The maximum absolute atomic E-state index is 11.7. The van der Waals surface area contributed by atoms with Gasteiger partial charge in [0.25, 0.3) is 0 Å². The van der Waals surface area contributed by atoms with Crippen molar-refractivity contribution in [2.24, 2.45) is 5.73 Å². The summed E-state index contributed by atoms with van der Waals surface area (Å²) in [5.74, 6) is -0.229. The SMILES string of the molecule is CCCCN.O=C(CNC(=O)C1CCCN1)NCCc1ccccc1. The van der Waals surface area contributed by atoms with Gasteiger partial charge >= 0.3 is 0 Å². The van der Waals surface area contributed by atoms with Gasteiger partial charge in [0.15, 0.2) is 0 Å². The van der Waals surface area contributed by atoms with Crippen molar-refractivity contribution >= 4 is 11.8 Å². The molecule has 1 unspecified atom stereocenters. The van der Waals surface area contributed by atoms with Gasteiger partial charge in [0.2, 0.25) is 11.8 Å². The van der Waals surface area contributed by atoms with E-state index in [-0.39, 0.29) is 24.4 Å². The van der Waals surface area contributed by atoms with Gasteiger partial charge in [0.05, 0.1) is 12.6 Å². The molecule has 25 heavy (non-hydrogen) atoms. The van der Waals surface area contributed by atoms with Gasteiger partial charge in [0.1, 0.15) is 0 Å². The topological polar surface area (TPSA) is 96.2 Å². The smallest absolute Gasteiger partial charge is 0.239 e. The summed E-state index contributed by atoms with van der Waals surface area (Å²) in [5.41, 5.74) is 6.33. The van der Waals surface area contributed by atoms with Gasteiger partial charge in [-0.05, 0) is 44.3 Å². The average Bonchev–Trinajstić information content (AvgIpc) is 3.17. The number of rotatable bonds is 8. The molecule has 1 saturated heterocycles. The highest BCUT2D eigenvalue weighted by Crippen LogP contribution is 2.04. The Labute approximate surface area is 150 Å². The molecule has 2 amide bonds. The van der Waals surface area contributed by atoms with Crippen LogP contribution in [0.4, 0.5) is 0 Å². The Bertz CT molecular complexity index is 485. The van der Waals surface area contributed by atoms with Gasteiger partial charge in [-0.2, -0.15) is 0 Å². The van der Waals surface area contributed by atoms with Crippen LogP contribution < -0.4 is 21.7 Å². The molecular formula is C19H32N4O2. The van der Waals surface area contributed by atoms with Crippen molar-refractivity contribution in [3.05, 3.63) is 35.9 Å². The van der Waals surface area contributed by atoms with Crippen molar-refractivity contribution in [3.63, 3.8) is 0 Å². The number of carbonyl (C=O) groups excluding carboxylic acids is 2. The molecule has 1 aliphatic heterocycles. The van der Waals surface area contributed by atoms with Crippen molar-refractivity contribution < 1.29 is 9.59 Å². The first-order valence-electron chi connectivity index (χ1n) is 9.19. The third-order valence-corrected chi connectivity index (χ3v) is 3.94. The van der Waals surface area contributed by atoms with Crippen LogP contribution in [-0.2, 0) is 16.0 Å². The van der Waals surface area contributed by atoms with E-state index in [1.54, 1.807) is 0 Å². The number of hydrogen-bond acceptors (Lipinski definition) is 4. The Morgan fingerprint density at radius 1 is 1.24 bits per heavy atom. The molecule has 0 radical (unpaired) electrons. The van der Waals surface area contributed by atoms with Crippen LogP contribution in [0.3, 0.4) is 0 Å². The molecule has 1 aromatic rings. The third kappa shape index (κ3) is 9.84. The maximum Gasteiger partial charge on any atom is 0.239 e. The fourth-order valence-corrected chi connectivity index (χ4v) is 2.46. The van der Waals surface area contributed by atoms with Gasteiger partial charge in [-0.15, -0.1) is 0 Å². The van der Waals surface area contributed by atoms with E-state index in [2.05, 4.69) is 22.9 Å². The standard InChI is InChI=1S/C15H21N3O2.C4H11N/c19-14(11-18-15(20)13-7-4-9-16-13)17-10-8-12-5-2-1-3-6-12;1-2-3-4-5/h1-3,5-6,13,16H,4,7-11H2,(H,17,19)(H,18,20);2-5H2,1H3. The molecule has 0 bridgehead atoms. The normalized spacial score (nSPS) is 15.8. The van der Waals surface area contributed by atoms with Crippen LogP contribution in [0.2, 0.25) is 0 Å². The second-order valence-corrected chi connectivity index (χ2v) is 6.09. The predicted octanol–water partition coefficient (Wildman–Crippen LogP) is 0.959. The minimum atomic E-state index is -0.146. The van der Waals surface area contributed by atoms with Crippen molar-refractivity contribution in [1.82, 2.24) is 16.0 Å².